The van der Waals surface area contributed by atoms with Crippen LogP contribution in [0.1, 0.15) is 13.3 Å². The molecule has 0 bridgehead atoms. The first-order valence-electron chi connectivity index (χ1n) is 5.42. The maximum atomic E-state index is 5.64. The molecule has 0 aliphatic carbocycles. The van der Waals surface area contributed by atoms with Gasteiger partial charge in [-0.05, 0) is 13.5 Å². The summed E-state index contributed by atoms with van der Waals surface area (Å²) in [5.74, 6) is 0.539. The maximum Gasteiger partial charge on any atom is 0.188 e. The zero-order chi connectivity index (χ0) is 11.5. The van der Waals surface area contributed by atoms with E-state index >= 15 is 0 Å². The topological polar surface area (TPSA) is 62.9 Å². The van der Waals surface area contributed by atoms with Gasteiger partial charge in [0.25, 0.3) is 0 Å². The molecule has 5 nitrogen and oxygen atoms in total. The molecule has 6 heteroatoms. The lowest BCUT2D eigenvalue weighted by Crippen LogP contribution is -2.38. The fraction of sp³-hybridized carbons (Fsp3) is 0.900. The van der Waals surface area contributed by atoms with Crippen molar-refractivity contribution in [3.05, 3.63) is 0 Å². The zero-order valence-electron chi connectivity index (χ0n) is 10.5. The Morgan fingerprint density at radius 3 is 2.69 bits per heavy atom. The lowest BCUT2D eigenvalue weighted by atomic mass is 10.5. The third kappa shape index (κ3) is 12.0. The minimum absolute atomic E-state index is 0. The quantitative estimate of drug-likeness (QED) is 0.382. The van der Waals surface area contributed by atoms with Gasteiger partial charge in [-0.2, -0.15) is 0 Å². The smallest absolute Gasteiger partial charge is 0.188 e. The molecule has 0 rings (SSSR count). The molecule has 3 N–H and O–H groups in total. The SMILES string of the molecule is CCCN=C(N)NCCN(C)CCOC.I. The zero-order valence-corrected chi connectivity index (χ0v) is 12.9. The summed E-state index contributed by atoms with van der Waals surface area (Å²) in [6.45, 7) is 6.32. The van der Waals surface area contributed by atoms with Crippen molar-refractivity contribution in [1.29, 1.82) is 0 Å². The summed E-state index contributed by atoms with van der Waals surface area (Å²) >= 11 is 0. The van der Waals surface area contributed by atoms with E-state index in [1.165, 1.54) is 0 Å². The van der Waals surface area contributed by atoms with Gasteiger partial charge in [0.1, 0.15) is 0 Å². The summed E-state index contributed by atoms with van der Waals surface area (Å²) in [6.07, 6.45) is 1.02. The van der Waals surface area contributed by atoms with Crippen LogP contribution in [0.2, 0.25) is 0 Å². The van der Waals surface area contributed by atoms with Crippen LogP contribution in [-0.4, -0.2) is 57.8 Å². The predicted molar refractivity (Wildman–Crippen MR) is 79.6 cm³/mol. The normalized spacial score (nSPS) is 11.4. The monoisotopic (exact) mass is 344 g/mol. The predicted octanol–water partition coefficient (Wildman–Crippen LogP) is 0.497. The molecule has 0 aliphatic rings. The van der Waals surface area contributed by atoms with Gasteiger partial charge in [0.2, 0.25) is 0 Å². The van der Waals surface area contributed by atoms with Gasteiger partial charge in [0, 0.05) is 33.3 Å². The number of rotatable bonds is 8. The summed E-state index contributed by atoms with van der Waals surface area (Å²) in [4.78, 5) is 6.33. The lowest BCUT2D eigenvalue weighted by molar-refractivity contribution is 0.162. The number of nitrogens with one attached hydrogen (secondary N) is 1. The number of ether oxygens (including phenoxy) is 1. The number of hydrogen-bond acceptors (Lipinski definition) is 3. The lowest BCUT2D eigenvalue weighted by Gasteiger charge is -2.16. The van der Waals surface area contributed by atoms with E-state index < -0.39 is 0 Å². The number of aliphatic imine (C=N–C) groups is 1. The molecule has 0 aliphatic heterocycles. The molecule has 0 aromatic carbocycles. The fourth-order valence-electron chi connectivity index (χ4n) is 1.02. The van der Waals surface area contributed by atoms with Crippen molar-refractivity contribution in [3.8, 4) is 0 Å². The molecule has 0 radical (unpaired) electrons. The number of guanidine groups is 1. The van der Waals surface area contributed by atoms with Crippen molar-refractivity contribution in [1.82, 2.24) is 10.2 Å². The molecule has 98 valence electrons. The first kappa shape index (κ1) is 18.3. The molecule has 16 heavy (non-hydrogen) atoms. The Morgan fingerprint density at radius 1 is 1.44 bits per heavy atom. The van der Waals surface area contributed by atoms with E-state index in [2.05, 4.69) is 29.2 Å². The van der Waals surface area contributed by atoms with Gasteiger partial charge >= 0.3 is 0 Å². The molecule has 0 unspecified atom stereocenters. The van der Waals surface area contributed by atoms with E-state index in [9.17, 15) is 0 Å². The molecule has 0 aromatic rings. The molecular formula is C10H25IN4O. The van der Waals surface area contributed by atoms with E-state index in [1.807, 2.05) is 0 Å². The highest BCUT2D eigenvalue weighted by Crippen LogP contribution is 1.81. The second kappa shape index (κ2) is 13.0. The Labute approximate surface area is 116 Å². The molecular weight excluding hydrogens is 319 g/mol. The molecule has 0 saturated heterocycles. The van der Waals surface area contributed by atoms with E-state index in [0.29, 0.717) is 5.96 Å². The van der Waals surface area contributed by atoms with Crippen LogP contribution in [-0.2, 0) is 4.74 Å². The van der Waals surface area contributed by atoms with Crippen LogP contribution in [0.15, 0.2) is 4.99 Å². The second-order valence-electron chi connectivity index (χ2n) is 3.49. The maximum absolute atomic E-state index is 5.64. The summed E-state index contributed by atoms with van der Waals surface area (Å²) in [5, 5.41) is 3.07. The van der Waals surface area contributed by atoms with Gasteiger partial charge in [0.05, 0.1) is 6.61 Å². The molecule has 0 aromatic heterocycles. The van der Waals surface area contributed by atoms with Gasteiger partial charge in [-0.15, -0.1) is 24.0 Å². The standard InChI is InChI=1S/C10H24N4O.HI/c1-4-5-12-10(11)13-6-7-14(2)8-9-15-3;/h4-9H2,1-3H3,(H3,11,12,13);1H. The average molecular weight is 344 g/mol. The highest BCUT2D eigenvalue weighted by Gasteiger charge is 1.97. The van der Waals surface area contributed by atoms with Crippen LogP contribution >= 0.6 is 24.0 Å². The van der Waals surface area contributed by atoms with Crippen molar-refractivity contribution in [2.24, 2.45) is 10.7 Å². The summed E-state index contributed by atoms with van der Waals surface area (Å²) in [7, 11) is 3.77. The Kier molecular flexibility index (Phi) is 14.8. The van der Waals surface area contributed by atoms with Gasteiger partial charge in [0.15, 0.2) is 5.96 Å². The van der Waals surface area contributed by atoms with Crippen molar-refractivity contribution in [3.63, 3.8) is 0 Å². The van der Waals surface area contributed by atoms with Crippen LogP contribution in [0.25, 0.3) is 0 Å². The van der Waals surface area contributed by atoms with Gasteiger partial charge < -0.3 is 20.7 Å². The van der Waals surface area contributed by atoms with Gasteiger partial charge in [-0.1, -0.05) is 6.92 Å². The third-order valence-electron chi connectivity index (χ3n) is 1.98. The van der Waals surface area contributed by atoms with E-state index in [4.69, 9.17) is 10.5 Å². The van der Waals surface area contributed by atoms with Crippen molar-refractivity contribution < 1.29 is 4.74 Å². The minimum atomic E-state index is 0. The van der Waals surface area contributed by atoms with Crippen molar-refractivity contribution >= 4 is 29.9 Å². The van der Waals surface area contributed by atoms with Crippen LogP contribution in [0.3, 0.4) is 0 Å². The number of hydrogen-bond donors (Lipinski definition) is 2. The number of methoxy groups -OCH3 is 1. The van der Waals surface area contributed by atoms with Crippen molar-refractivity contribution in [2.45, 2.75) is 13.3 Å². The highest BCUT2D eigenvalue weighted by molar-refractivity contribution is 14.0. The second-order valence-corrected chi connectivity index (χ2v) is 3.49. The first-order chi connectivity index (χ1) is 7.20. The van der Waals surface area contributed by atoms with Crippen LogP contribution in [0.4, 0.5) is 0 Å². The summed E-state index contributed by atoms with van der Waals surface area (Å²) in [6, 6.07) is 0. The molecule has 0 atom stereocenters. The Balaban J connectivity index is 0. The molecule has 0 saturated carbocycles. The summed E-state index contributed by atoms with van der Waals surface area (Å²) < 4.78 is 4.98. The van der Waals surface area contributed by atoms with E-state index in [1.54, 1.807) is 7.11 Å². The Bertz CT molecular complexity index is 178. The third-order valence-corrected chi connectivity index (χ3v) is 1.98. The number of nitrogens with zero attached hydrogens (tertiary/aromatic N) is 2. The molecule has 0 fully saturated rings. The average Bonchev–Trinajstić information content (AvgIpc) is 2.23. The van der Waals surface area contributed by atoms with E-state index in [-0.39, 0.29) is 24.0 Å². The largest absolute Gasteiger partial charge is 0.383 e. The van der Waals surface area contributed by atoms with E-state index in [0.717, 1.165) is 39.2 Å². The first-order valence-corrected chi connectivity index (χ1v) is 5.42. The van der Waals surface area contributed by atoms with Crippen LogP contribution in [0, 0.1) is 0 Å². The summed E-state index contributed by atoms with van der Waals surface area (Å²) in [5.41, 5.74) is 5.64. The van der Waals surface area contributed by atoms with Gasteiger partial charge in [-0.3, -0.25) is 4.99 Å². The van der Waals surface area contributed by atoms with Crippen LogP contribution < -0.4 is 11.1 Å². The fourth-order valence-corrected chi connectivity index (χ4v) is 1.02. The Morgan fingerprint density at radius 2 is 2.12 bits per heavy atom. The molecule has 0 amide bonds. The minimum Gasteiger partial charge on any atom is -0.383 e. The highest BCUT2D eigenvalue weighted by atomic mass is 127. The number of nitrogens with two attached hydrogens (primary N) is 1. The Hall–Kier alpha value is -0.0800. The van der Waals surface area contributed by atoms with Gasteiger partial charge in [-0.25, -0.2) is 0 Å². The molecule has 0 heterocycles. The number of likely N-dealkylation sites (N-methyl/N-ethyl adjacent to an activating group) is 1. The van der Waals surface area contributed by atoms with Crippen molar-refractivity contribution in [2.75, 3.05) is 46.9 Å². The number of halogens is 1. The van der Waals surface area contributed by atoms with Crippen LogP contribution in [0.5, 0.6) is 0 Å². The molecule has 0 spiro atoms.